The molecule has 0 radical (unpaired) electrons. The van der Waals surface area contributed by atoms with Gasteiger partial charge >= 0.3 is 0 Å². The van der Waals surface area contributed by atoms with Crippen molar-refractivity contribution in [2.45, 2.75) is 31.9 Å². The molecule has 0 saturated heterocycles. The topological polar surface area (TPSA) is 98.5 Å². The highest BCUT2D eigenvalue weighted by Crippen LogP contribution is 2.16. The molecule has 1 aromatic rings. The van der Waals surface area contributed by atoms with Gasteiger partial charge in [0.05, 0.1) is 0 Å². The zero-order valence-corrected chi connectivity index (χ0v) is 12.2. The summed E-state index contributed by atoms with van der Waals surface area (Å²) >= 11 is 0. The van der Waals surface area contributed by atoms with E-state index in [0.717, 1.165) is 0 Å². The number of amides is 2. The second-order valence-electron chi connectivity index (χ2n) is 4.73. The lowest BCUT2D eigenvalue weighted by Crippen LogP contribution is -2.46. The van der Waals surface area contributed by atoms with Crippen LogP contribution in [0.5, 0.6) is 0 Å². The number of carbonyl (C=O) groups excluding carboxylic acids is 3. The SMILES string of the molecule is CO[C@H](C(=O)N[C@@H](CCC(C)=O)C(N)=O)c1ccccc1. The van der Waals surface area contributed by atoms with Crippen LogP contribution in [0.3, 0.4) is 0 Å². The monoisotopic (exact) mass is 292 g/mol. The summed E-state index contributed by atoms with van der Waals surface area (Å²) in [5.41, 5.74) is 5.92. The number of nitrogens with one attached hydrogen (secondary N) is 1. The average Bonchev–Trinajstić information content (AvgIpc) is 2.44. The van der Waals surface area contributed by atoms with Gasteiger partial charge in [0.1, 0.15) is 11.8 Å². The van der Waals surface area contributed by atoms with Crippen molar-refractivity contribution in [1.29, 1.82) is 0 Å². The Labute approximate surface area is 123 Å². The molecule has 2 atom stereocenters. The van der Waals surface area contributed by atoms with Crippen molar-refractivity contribution >= 4 is 17.6 Å². The first-order chi connectivity index (χ1) is 9.95. The third-order valence-corrected chi connectivity index (χ3v) is 3.02. The molecule has 0 saturated carbocycles. The first-order valence-corrected chi connectivity index (χ1v) is 6.62. The van der Waals surface area contributed by atoms with Gasteiger partial charge in [0.15, 0.2) is 6.10 Å². The van der Waals surface area contributed by atoms with Crippen LogP contribution in [-0.4, -0.2) is 30.7 Å². The van der Waals surface area contributed by atoms with Crippen molar-refractivity contribution in [3.63, 3.8) is 0 Å². The molecule has 0 aliphatic carbocycles. The quantitative estimate of drug-likeness (QED) is 0.737. The van der Waals surface area contributed by atoms with Crippen LogP contribution in [0.15, 0.2) is 30.3 Å². The van der Waals surface area contributed by atoms with Gasteiger partial charge < -0.3 is 20.6 Å². The highest BCUT2D eigenvalue weighted by Gasteiger charge is 2.25. The first-order valence-electron chi connectivity index (χ1n) is 6.62. The number of ketones is 1. The predicted molar refractivity (Wildman–Crippen MR) is 77.2 cm³/mol. The molecule has 0 aliphatic rings. The van der Waals surface area contributed by atoms with Crippen molar-refractivity contribution in [1.82, 2.24) is 5.32 Å². The van der Waals surface area contributed by atoms with E-state index in [9.17, 15) is 14.4 Å². The number of hydrogen-bond donors (Lipinski definition) is 2. The molecule has 0 unspecified atom stereocenters. The van der Waals surface area contributed by atoms with Gasteiger partial charge in [-0.15, -0.1) is 0 Å². The van der Waals surface area contributed by atoms with Crippen LogP contribution in [0.25, 0.3) is 0 Å². The zero-order chi connectivity index (χ0) is 15.8. The smallest absolute Gasteiger partial charge is 0.254 e. The molecule has 1 aromatic carbocycles. The van der Waals surface area contributed by atoms with E-state index in [1.807, 2.05) is 6.07 Å². The van der Waals surface area contributed by atoms with E-state index in [0.29, 0.717) is 5.56 Å². The van der Waals surface area contributed by atoms with Gasteiger partial charge in [0.25, 0.3) is 5.91 Å². The lowest BCUT2D eigenvalue weighted by Gasteiger charge is -2.20. The third kappa shape index (κ3) is 5.35. The van der Waals surface area contributed by atoms with Crippen LogP contribution in [0, 0.1) is 0 Å². The molecule has 0 bridgehead atoms. The van der Waals surface area contributed by atoms with Gasteiger partial charge in [0, 0.05) is 13.5 Å². The van der Waals surface area contributed by atoms with Crippen LogP contribution < -0.4 is 11.1 Å². The average molecular weight is 292 g/mol. The summed E-state index contributed by atoms with van der Waals surface area (Å²) in [4.78, 5) is 34.5. The largest absolute Gasteiger partial charge is 0.368 e. The van der Waals surface area contributed by atoms with E-state index in [1.54, 1.807) is 24.3 Å². The van der Waals surface area contributed by atoms with Crippen LogP contribution in [-0.2, 0) is 19.1 Å². The second-order valence-corrected chi connectivity index (χ2v) is 4.73. The molecular formula is C15H20N2O4. The van der Waals surface area contributed by atoms with Gasteiger partial charge in [0.2, 0.25) is 5.91 Å². The predicted octanol–water partition coefficient (Wildman–Crippen LogP) is 0.713. The molecule has 21 heavy (non-hydrogen) atoms. The molecule has 0 aromatic heterocycles. The number of Topliss-reactive ketones (excluding diaryl/α,β-unsaturated/α-hetero) is 1. The van der Waals surface area contributed by atoms with Crippen molar-refractivity contribution in [3.05, 3.63) is 35.9 Å². The Kier molecular flexibility index (Phi) is 6.55. The number of benzene rings is 1. The molecule has 2 amide bonds. The number of hydrogen-bond acceptors (Lipinski definition) is 4. The van der Waals surface area contributed by atoms with Gasteiger partial charge in [-0.1, -0.05) is 30.3 Å². The van der Waals surface area contributed by atoms with E-state index in [-0.39, 0.29) is 18.6 Å². The van der Waals surface area contributed by atoms with E-state index in [2.05, 4.69) is 5.32 Å². The minimum absolute atomic E-state index is 0.0677. The van der Waals surface area contributed by atoms with Gasteiger partial charge in [-0.05, 0) is 18.9 Å². The van der Waals surface area contributed by atoms with E-state index < -0.39 is 24.0 Å². The summed E-state index contributed by atoms with van der Waals surface area (Å²) in [5.74, 6) is -1.20. The Hall–Kier alpha value is -2.21. The van der Waals surface area contributed by atoms with Crippen molar-refractivity contribution in [3.8, 4) is 0 Å². The summed E-state index contributed by atoms with van der Waals surface area (Å²) in [6, 6.07) is 8.02. The van der Waals surface area contributed by atoms with Gasteiger partial charge in [-0.25, -0.2) is 0 Å². The summed E-state index contributed by atoms with van der Waals surface area (Å²) in [5, 5.41) is 2.53. The zero-order valence-electron chi connectivity index (χ0n) is 12.2. The fraction of sp³-hybridized carbons (Fsp3) is 0.400. The molecule has 0 aliphatic heterocycles. The Balaban J connectivity index is 2.75. The molecule has 0 fully saturated rings. The summed E-state index contributed by atoms with van der Waals surface area (Å²) in [7, 11) is 1.41. The fourth-order valence-corrected chi connectivity index (χ4v) is 1.90. The Morgan fingerprint density at radius 1 is 1.24 bits per heavy atom. The molecule has 3 N–H and O–H groups in total. The molecule has 6 nitrogen and oxygen atoms in total. The van der Waals surface area contributed by atoms with Crippen LogP contribution in [0.2, 0.25) is 0 Å². The maximum atomic E-state index is 12.2. The van der Waals surface area contributed by atoms with Crippen molar-refractivity contribution in [2.75, 3.05) is 7.11 Å². The fourth-order valence-electron chi connectivity index (χ4n) is 1.90. The van der Waals surface area contributed by atoms with E-state index >= 15 is 0 Å². The second kappa shape index (κ2) is 8.16. The summed E-state index contributed by atoms with van der Waals surface area (Å²) < 4.78 is 5.17. The normalized spacial score (nSPS) is 13.2. The number of carbonyl (C=O) groups is 3. The maximum Gasteiger partial charge on any atom is 0.254 e. The Morgan fingerprint density at radius 3 is 2.33 bits per heavy atom. The molecule has 0 spiro atoms. The first kappa shape index (κ1) is 16.8. The Morgan fingerprint density at radius 2 is 1.86 bits per heavy atom. The van der Waals surface area contributed by atoms with Gasteiger partial charge in [-0.2, -0.15) is 0 Å². The van der Waals surface area contributed by atoms with Crippen LogP contribution >= 0.6 is 0 Å². The van der Waals surface area contributed by atoms with Crippen molar-refractivity contribution < 1.29 is 19.1 Å². The number of methoxy groups -OCH3 is 1. The number of ether oxygens (including phenoxy) is 1. The third-order valence-electron chi connectivity index (χ3n) is 3.02. The highest BCUT2D eigenvalue weighted by atomic mass is 16.5. The van der Waals surface area contributed by atoms with Gasteiger partial charge in [-0.3, -0.25) is 9.59 Å². The maximum absolute atomic E-state index is 12.2. The van der Waals surface area contributed by atoms with E-state index in [4.69, 9.17) is 10.5 Å². The Bertz CT molecular complexity index is 502. The summed E-state index contributed by atoms with van der Waals surface area (Å²) in [6.07, 6.45) is -0.469. The molecular weight excluding hydrogens is 272 g/mol. The van der Waals surface area contributed by atoms with E-state index in [1.165, 1.54) is 14.0 Å². The standard InChI is InChI=1S/C15H20N2O4/c1-10(18)8-9-12(14(16)19)17-15(20)13(21-2)11-6-4-3-5-7-11/h3-7,12-13H,8-9H2,1-2H3,(H2,16,19)(H,17,20)/t12-,13-/m0/s1. The van der Waals surface area contributed by atoms with Crippen molar-refractivity contribution in [2.24, 2.45) is 5.73 Å². The molecule has 6 heteroatoms. The molecule has 0 heterocycles. The lowest BCUT2D eigenvalue weighted by molar-refractivity contribution is -0.135. The number of rotatable bonds is 8. The minimum Gasteiger partial charge on any atom is -0.368 e. The number of nitrogens with two attached hydrogens (primary N) is 1. The molecule has 114 valence electrons. The minimum atomic E-state index is -0.886. The molecule has 1 rings (SSSR count). The lowest BCUT2D eigenvalue weighted by atomic mass is 10.1. The highest BCUT2D eigenvalue weighted by molar-refractivity contribution is 5.89. The summed E-state index contributed by atoms with van der Waals surface area (Å²) in [6.45, 7) is 1.42. The van der Waals surface area contributed by atoms with Crippen LogP contribution in [0.4, 0.5) is 0 Å². The number of primary amides is 1. The van der Waals surface area contributed by atoms with Crippen LogP contribution in [0.1, 0.15) is 31.4 Å².